The quantitative estimate of drug-likeness (QED) is 0.537. The minimum absolute atomic E-state index is 0.606. The van der Waals surface area contributed by atoms with Gasteiger partial charge < -0.3 is 4.89 Å². The third kappa shape index (κ3) is 2.74. The van der Waals surface area contributed by atoms with Crippen LogP contribution in [-0.4, -0.2) is 10.5 Å². The summed E-state index contributed by atoms with van der Waals surface area (Å²) in [6.07, 6.45) is 1.35. The summed E-state index contributed by atoms with van der Waals surface area (Å²) < 4.78 is 15.6. The van der Waals surface area contributed by atoms with Gasteiger partial charge in [-0.15, -0.1) is 0 Å². The molecule has 0 aliphatic rings. The number of hydrogen-bond donors (Lipinski definition) is 1. The zero-order valence-corrected chi connectivity index (χ0v) is 8.89. The molecule has 0 heterocycles. The Morgan fingerprint density at radius 2 is 2.00 bits per heavy atom. The van der Waals surface area contributed by atoms with Crippen LogP contribution in [-0.2, 0) is 9.09 Å². The molecule has 0 spiro atoms. The van der Waals surface area contributed by atoms with E-state index in [1.165, 1.54) is 0 Å². The Bertz CT molecular complexity index is 185. The van der Waals surface area contributed by atoms with Gasteiger partial charge in [-0.1, -0.05) is 20.4 Å². The molecule has 3 nitrogen and oxygen atoms in total. The summed E-state index contributed by atoms with van der Waals surface area (Å²) in [7, 11) is -2.87. The highest BCUT2D eigenvalue weighted by molar-refractivity contribution is 7.32. The lowest BCUT2D eigenvalue weighted by Gasteiger charge is -2.30. The van der Waals surface area contributed by atoms with Gasteiger partial charge in [0.1, 0.15) is 0 Å². The van der Waals surface area contributed by atoms with E-state index < -0.39 is 13.9 Å². The largest absolute Gasteiger partial charge is 0.326 e. The van der Waals surface area contributed by atoms with Crippen molar-refractivity contribution in [3.05, 3.63) is 12.2 Å². The predicted octanol–water partition coefficient (Wildman–Crippen LogP) is 2.52. The number of rotatable bonds is 5. The van der Waals surface area contributed by atoms with E-state index in [4.69, 9.17) is 9.42 Å². The van der Waals surface area contributed by atoms with Crippen LogP contribution >= 0.6 is 8.25 Å². The fraction of sp³-hybridized carbons (Fsp3) is 0.750. The van der Waals surface area contributed by atoms with Crippen molar-refractivity contribution in [2.75, 3.05) is 0 Å². The first-order chi connectivity index (χ1) is 5.48. The molecular formula is C8H17O3P. The van der Waals surface area contributed by atoms with E-state index in [0.717, 1.165) is 5.57 Å². The number of hydrogen-bond acceptors (Lipinski definition) is 2. The third-order valence-electron chi connectivity index (χ3n) is 2.20. The standard InChI is InChI=1S/C8H17O3P/c1-5-8(6-2,7(3)4)11-12(9)10/h12H,3,5-6H2,1-2,4H3,(H,9,10). The predicted molar refractivity (Wildman–Crippen MR) is 50.4 cm³/mol. The molecule has 12 heavy (non-hydrogen) atoms. The van der Waals surface area contributed by atoms with E-state index in [-0.39, 0.29) is 0 Å². The van der Waals surface area contributed by atoms with E-state index in [2.05, 4.69) is 6.58 Å². The van der Waals surface area contributed by atoms with Gasteiger partial charge in [-0.3, -0.25) is 9.09 Å². The van der Waals surface area contributed by atoms with Gasteiger partial charge in [0.15, 0.2) is 0 Å². The summed E-state index contributed by atoms with van der Waals surface area (Å²) in [5.74, 6) is 0. The molecule has 0 bridgehead atoms. The lowest BCUT2D eigenvalue weighted by molar-refractivity contribution is 0.0934. The molecule has 0 rings (SSSR count). The maximum absolute atomic E-state index is 10.6. The molecule has 0 radical (unpaired) electrons. The molecule has 0 aromatic heterocycles. The minimum atomic E-state index is -2.87. The van der Waals surface area contributed by atoms with Crippen molar-refractivity contribution in [1.29, 1.82) is 0 Å². The van der Waals surface area contributed by atoms with Gasteiger partial charge >= 0.3 is 8.25 Å². The maximum Gasteiger partial charge on any atom is 0.317 e. The van der Waals surface area contributed by atoms with Crippen molar-refractivity contribution in [1.82, 2.24) is 0 Å². The van der Waals surface area contributed by atoms with Crippen LogP contribution in [0.5, 0.6) is 0 Å². The fourth-order valence-electron chi connectivity index (χ4n) is 1.25. The summed E-state index contributed by atoms with van der Waals surface area (Å²) in [5.41, 5.74) is 0.199. The second-order valence-electron chi connectivity index (χ2n) is 2.85. The lowest BCUT2D eigenvalue weighted by Crippen LogP contribution is -2.29. The van der Waals surface area contributed by atoms with Crippen LogP contribution in [0.4, 0.5) is 0 Å². The Labute approximate surface area is 74.4 Å². The van der Waals surface area contributed by atoms with Gasteiger partial charge in [0, 0.05) is 0 Å². The Kier molecular flexibility index (Phi) is 4.76. The average Bonchev–Trinajstić information content (AvgIpc) is 1.99. The second kappa shape index (κ2) is 4.80. The van der Waals surface area contributed by atoms with Crippen molar-refractivity contribution >= 4 is 8.25 Å². The molecule has 1 N–H and O–H groups in total. The van der Waals surface area contributed by atoms with Crippen LogP contribution in [0.1, 0.15) is 33.6 Å². The Balaban J connectivity index is 4.58. The lowest BCUT2D eigenvalue weighted by atomic mass is 9.91. The van der Waals surface area contributed by atoms with Gasteiger partial charge in [0.05, 0.1) is 5.60 Å². The van der Waals surface area contributed by atoms with Crippen LogP contribution in [0, 0.1) is 0 Å². The molecule has 0 aromatic carbocycles. The van der Waals surface area contributed by atoms with Gasteiger partial charge in [-0.05, 0) is 25.3 Å². The molecule has 1 atom stereocenters. The first kappa shape index (κ1) is 11.9. The highest BCUT2D eigenvalue weighted by Crippen LogP contribution is 2.36. The van der Waals surface area contributed by atoms with Gasteiger partial charge in [-0.25, -0.2) is 0 Å². The molecule has 0 saturated heterocycles. The van der Waals surface area contributed by atoms with Crippen LogP contribution < -0.4 is 0 Å². The normalized spacial score (nSPS) is 14.3. The van der Waals surface area contributed by atoms with E-state index in [0.29, 0.717) is 12.8 Å². The first-order valence-electron chi connectivity index (χ1n) is 4.06. The van der Waals surface area contributed by atoms with Crippen molar-refractivity contribution in [3.63, 3.8) is 0 Å². The van der Waals surface area contributed by atoms with Gasteiger partial charge in [0.25, 0.3) is 0 Å². The zero-order valence-electron chi connectivity index (χ0n) is 7.89. The molecule has 0 fully saturated rings. The van der Waals surface area contributed by atoms with Gasteiger partial charge in [0.2, 0.25) is 0 Å². The Morgan fingerprint density at radius 1 is 1.58 bits per heavy atom. The monoisotopic (exact) mass is 192 g/mol. The molecular weight excluding hydrogens is 175 g/mol. The van der Waals surface area contributed by atoms with Crippen LogP contribution in [0.25, 0.3) is 0 Å². The smallest absolute Gasteiger partial charge is 0.317 e. The Hall–Kier alpha value is -0.110. The van der Waals surface area contributed by atoms with Crippen molar-refractivity contribution in [3.8, 4) is 0 Å². The second-order valence-corrected chi connectivity index (χ2v) is 3.59. The highest BCUT2D eigenvalue weighted by Gasteiger charge is 2.29. The molecule has 0 aromatic rings. The van der Waals surface area contributed by atoms with Crippen molar-refractivity contribution < 1.29 is 14.0 Å². The van der Waals surface area contributed by atoms with Crippen molar-refractivity contribution in [2.45, 2.75) is 39.2 Å². The molecule has 0 saturated carbocycles. The molecule has 0 aliphatic carbocycles. The highest BCUT2D eigenvalue weighted by atomic mass is 31.1. The fourth-order valence-corrected chi connectivity index (χ4v) is 2.05. The summed E-state index contributed by atoms with van der Waals surface area (Å²) >= 11 is 0. The molecule has 4 heteroatoms. The average molecular weight is 192 g/mol. The summed E-state index contributed by atoms with van der Waals surface area (Å²) in [5, 5.41) is 0. The molecule has 0 aliphatic heterocycles. The van der Waals surface area contributed by atoms with E-state index in [9.17, 15) is 4.57 Å². The van der Waals surface area contributed by atoms with Crippen LogP contribution in [0.3, 0.4) is 0 Å². The Morgan fingerprint density at radius 3 is 2.08 bits per heavy atom. The topological polar surface area (TPSA) is 46.5 Å². The molecule has 1 unspecified atom stereocenters. The van der Waals surface area contributed by atoms with E-state index in [1.807, 2.05) is 20.8 Å². The minimum Gasteiger partial charge on any atom is -0.326 e. The summed E-state index contributed by atoms with van der Waals surface area (Å²) in [6.45, 7) is 9.42. The summed E-state index contributed by atoms with van der Waals surface area (Å²) in [6, 6.07) is 0. The molecule has 72 valence electrons. The van der Waals surface area contributed by atoms with Crippen LogP contribution in [0.15, 0.2) is 12.2 Å². The first-order valence-corrected chi connectivity index (χ1v) is 5.32. The van der Waals surface area contributed by atoms with E-state index in [1.54, 1.807) is 0 Å². The van der Waals surface area contributed by atoms with Gasteiger partial charge in [-0.2, -0.15) is 0 Å². The van der Waals surface area contributed by atoms with Crippen molar-refractivity contribution in [2.24, 2.45) is 0 Å². The maximum atomic E-state index is 10.6. The molecule has 0 amide bonds. The SMILES string of the molecule is C=C(C)C(CC)(CC)O[PH](=O)O. The third-order valence-corrected chi connectivity index (χ3v) is 2.77. The van der Waals surface area contributed by atoms with E-state index >= 15 is 0 Å². The summed E-state index contributed by atoms with van der Waals surface area (Å²) in [4.78, 5) is 8.68. The zero-order chi connectivity index (χ0) is 9.78. The van der Waals surface area contributed by atoms with Crippen LogP contribution in [0.2, 0.25) is 0 Å².